The standard InChI is InChI=1S/C30H35F6N3O5/c1-28(2,3)19-8-10-23(11-9-19)39(16-17-4-6-18(7-5-17)25(41)37-15-24(40)26(42)43)27(44)38-22-13-20(29(31,32)33)12-21(14-22)30(34,35)36/h4-7,12-14,19,23-24,40H,8-11,15-16H2,1-3H3,(H,37,41)(H,38,44)(H,42,43)/t19?,23?,24-/m0/s1. The summed E-state index contributed by atoms with van der Waals surface area (Å²) in [4.78, 5) is 38.0. The molecule has 3 rings (SSSR count). The van der Waals surface area contributed by atoms with Crippen molar-refractivity contribution < 1.29 is 50.9 Å². The molecule has 1 fully saturated rings. The highest BCUT2D eigenvalue weighted by Crippen LogP contribution is 2.40. The lowest BCUT2D eigenvalue weighted by atomic mass is 9.71. The summed E-state index contributed by atoms with van der Waals surface area (Å²) < 4.78 is 80.4. The number of carbonyl (C=O) groups excluding carboxylic acids is 2. The predicted molar refractivity (Wildman–Crippen MR) is 149 cm³/mol. The van der Waals surface area contributed by atoms with Crippen molar-refractivity contribution in [1.82, 2.24) is 10.2 Å². The van der Waals surface area contributed by atoms with E-state index in [0.29, 0.717) is 36.5 Å². The van der Waals surface area contributed by atoms with Gasteiger partial charge < -0.3 is 25.7 Å². The van der Waals surface area contributed by atoms with Crippen molar-refractivity contribution >= 4 is 23.6 Å². The van der Waals surface area contributed by atoms with Crippen molar-refractivity contribution in [3.8, 4) is 0 Å². The Morgan fingerprint density at radius 3 is 1.86 bits per heavy atom. The first-order valence-corrected chi connectivity index (χ1v) is 13.9. The molecule has 8 nitrogen and oxygen atoms in total. The number of aliphatic hydroxyl groups excluding tert-OH is 1. The van der Waals surface area contributed by atoms with Gasteiger partial charge in [0.25, 0.3) is 5.91 Å². The molecule has 0 spiro atoms. The van der Waals surface area contributed by atoms with Crippen LogP contribution in [0.1, 0.15) is 73.5 Å². The molecule has 4 N–H and O–H groups in total. The fourth-order valence-electron chi connectivity index (χ4n) is 5.18. The molecule has 3 amide bonds. The van der Waals surface area contributed by atoms with Crippen molar-refractivity contribution in [2.45, 2.75) is 77.5 Å². The van der Waals surface area contributed by atoms with Gasteiger partial charge in [-0.25, -0.2) is 9.59 Å². The van der Waals surface area contributed by atoms with Crippen LogP contribution in [0, 0.1) is 11.3 Å². The van der Waals surface area contributed by atoms with Crippen molar-refractivity contribution in [2.75, 3.05) is 11.9 Å². The summed E-state index contributed by atoms with van der Waals surface area (Å²) in [6.07, 6.45) is -9.28. The Hall–Kier alpha value is -3.81. The van der Waals surface area contributed by atoms with Gasteiger partial charge in [-0.1, -0.05) is 32.9 Å². The molecule has 1 aliphatic rings. The topological polar surface area (TPSA) is 119 Å². The molecular weight excluding hydrogens is 596 g/mol. The second-order valence-corrected chi connectivity index (χ2v) is 12.0. The Labute approximate surface area is 250 Å². The number of halogens is 6. The minimum atomic E-state index is -5.08. The van der Waals surface area contributed by atoms with Crippen LogP contribution in [0.15, 0.2) is 42.5 Å². The zero-order chi connectivity index (χ0) is 33.0. The van der Waals surface area contributed by atoms with E-state index >= 15 is 0 Å². The number of anilines is 1. The molecule has 0 aliphatic heterocycles. The van der Waals surface area contributed by atoms with Gasteiger partial charge in [0, 0.05) is 23.8 Å². The first kappa shape index (κ1) is 34.7. The second-order valence-electron chi connectivity index (χ2n) is 12.0. The lowest BCUT2D eigenvalue weighted by Gasteiger charge is -2.41. The molecule has 2 aromatic carbocycles. The molecule has 242 valence electrons. The van der Waals surface area contributed by atoms with Gasteiger partial charge in [-0.05, 0) is 72.9 Å². The van der Waals surface area contributed by atoms with Gasteiger partial charge in [0.15, 0.2) is 6.10 Å². The number of benzene rings is 2. The summed E-state index contributed by atoms with van der Waals surface area (Å²) >= 11 is 0. The SMILES string of the molecule is CC(C)(C)C1CCC(N(Cc2ccc(C(=O)NC[C@H](O)C(=O)O)cc2)C(=O)Nc2cc(C(F)(F)F)cc(C(F)(F)F)c2)CC1. The first-order valence-electron chi connectivity index (χ1n) is 13.9. The Bertz CT molecular complexity index is 1300. The molecule has 0 heterocycles. The summed E-state index contributed by atoms with van der Waals surface area (Å²) in [7, 11) is 0. The summed E-state index contributed by atoms with van der Waals surface area (Å²) in [6.45, 7) is 5.74. The largest absolute Gasteiger partial charge is 0.479 e. The number of carbonyl (C=O) groups is 3. The molecule has 14 heteroatoms. The van der Waals surface area contributed by atoms with Crippen LogP contribution in [0.25, 0.3) is 0 Å². The number of alkyl halides is 6. The van der Waals surface area contributed by atoms with Crippen molar-refractivity contribution in [2.24, 2.45) is 11.3 Å². The van der Waals surface area contributed by atoms with Crippen LogP contribution in [0.2, 0.25) is 0 Å². The molecule has 2 aromatic rings. The van der Waals surface area contributed by atoms with Crippen LogP contribution in [0.5, 0.6) is 0 Å². The Morgan fingerprint density at radius 1 is 0.886 bits per heavy atom. The molecule has 1 atom stereocenters. The second kappa shape index (κ2) is 13.4. The molecule has 0 aromatic heterocycles. The van der Waals surface area contributed by atoms with Crippen LogP contribution in [0.3, 0.4) is 0 Å². The average molecular weight is 632 g/mol. The molecule has 1 saturated carbocycles. The van der Waals surface area contributed by atoms with Crippen LogP contribution < -0.4 is 10.6 Å². The zero-order valence-electron chi connectivity index (χ0n) is 24.4. The lowest BCUT2D eigenvalue weighted by molar-refractivity contribution is -0.146. The van der Waals surface area contributed by atoms with Crippen LogP contribution in [-0.4, -0.2) is 51.7 Å². The zero-order valence-corrected chi connectivity index (χ0v) is 24.4. The van der Waals surface area contributed by atoms with E-state index in [-0.39, 0.29) is 29.6 Å². The lowest BCUT2D eigenvalue weighted by Crippen LogP contribution is -2.45. The molecule has 0 saturated heterocycles. The first-order chi connectivity index (χ1) is 20.3. The Kier molecular flexibility index (Phi) is 10.6. The number of nitrogens with one attached hydrogen (secondary N) is 2. The summed E-state index contributed by atoms with van der Waals surface area (Å²) in [5.74, 6) is -1.80. The minimum Gasteiger partial charge on any atom is -0.479 e. The number of amides is 3. The summed E-state index contributed by atoms with van der Waals surface area (Å²) in [5.41, 5.74) is -3.08. The number of hydrogen-bond donors (Lipinski definition) is 4. The number of rotatable bonds is 8. The Balaban J connectivity index is 1.86. The highest BCUT2D eigenvalue weighted by molar-refractivity contribution is 5.94. The van der Waals surface area contributed by atoms with Gasteiger partial charge in [-0.15, -0.1) is 0 Å². The van der Waals surface area contributed by atoms with Crippen LogP contribution in [0.4, 0.5) is 36.8 Å². The van der Waals surface area contributed by atoms with Crippen LogP contribution in [-0.2, 0) is 23.7 Å². The number of urea groups is 1. The predicted octanol–water partition coefficient (Wildman–Crippen LogP) is 6.54. The number of aliphatic carboxylic acids is 1. The van der Waals surface area contributed by atoms with Gasteiger partial charge in [0.05, 0.1) is 17.7 Å². The number of aliphatic hydroxyl groups is 1. The third kappa shape index (κ3) is 9.34. The van der Waals surface area contributed by atoms with E-state index in [4.69, 9.17) is 5.11 Å². The average Bonchev–Trinajstić information content (AvgIpc) is 2.93. The highest BCUT2D eigenvalue weighted by Gasteiger charge is 2.38. The smallest absolute Gasteiger partial charge is 0.416 e. The molecular formula is C30H35F6N3O5. The third-order valence-electron chi connectivity index (χ3n) is 7.77. The monoisotopic (exact) mass is 631 g/mol. The highest BCUT2D eigenvalue weighted by atomic mass is 19.4. The maximum atomic E-state index is 13.5. The van der Waals surface area contributed by atoms with Gasteiger partial charge >= 0.3 is 24.4 Å². The number of hydrogen-bond acceptors (Lipinski definition) is 4. The third-order valence-corrected chi connectivity index (χ3v) is 7.77. The fourth-order valence-corrected chi connectivity index (χ4v) is 5.18. The van der Waals surface area contributed by atoms with Crippen LogP contribution >= 0.6 is 0 Å². The maximum absolute atomic E-state index is 13.5. The molecule has 0 bridgehead atoms. The molecule has 0 unspecified atom stereocenters. The van der Waals surface area contributed by atoms with E-state index in [0.717, 1.165) is 12.8 Å². The summed E-state index contributed by atoms with van der Waals surface area (Å²) in [5, 5.41) is 22.6. The normalized spacial score (nSPS) is 18.3. The van der Waals surface area contributed by atoms with Gasteiger partial charge in [0.2, 0.25) is 0 Å². The number of carboxylic acids is 1. The fraction of sp³-hybridized carbons (Fsp3) is 0.500. The number of carboxylic acid groups (broad SMARTS) is 1. The minimum absolute atomic E-state index is 0.0126. The van der Waals surface area contributed by atoms with Crippen molar-refractivity contribution in [3.63, 3.8) is 0 Å². The molecule has 44 heavy (non-hydrogen) atoms. The van der Waals surface area contributed by atoms with Crippen molar-refractivity contribution in [3.05, 3.63) is 64.7 Å². The molecule has 0 radical (unpaired) electrons. The molecule has 1 aliphatic carbocycles. The quantitative estimate of drug-likeness (QED) is 0.247. The van der Waals surface area contributed by atoms with E-state index in [1.165, 1.54) is 29.2 Å². The van der Waals surface area contributed by atoms with Gasteiger partial charge in [0.1, 0.15) is 0 Å². The van der Waals surface area contributed by atoms with E-state index < -0.39 is 59.7 Å². The maximum Gasteiger partial charge on any atom is 0.416 e. The van der Waals surface area contributed by atoms with Gasteiger partial charge in [-0.2, -0.15) is 26.3 Å². The summed E-state index contributed by atoms with van der Waals surface area (Å²) in [6, 6.07) is 5.53. The number of nitrogens with zero attached hydrogens (tertiary/aromatic N) is 1. The van der Waals surface area contributed by atoms with E-state index in [2.05, 4.69) is 31.4 Å². The van der Waals surface area contributed by atoms with E-state index in [9.17, 15) is 45.8 Å². The van der Waals surface area contributed by atoms with E-state index in [1.54, 1.807) is 0 Å². The van der Waals surface area contributed by atoms with E-state index in [1.807, 2.05) is 0 Å². The van der Waals surface area contributed by atoms with Gasteiger partial charge in [-0.3, -0.25) is 4.79 Å². The Morgan fingerprint density at radius 2 is 1.41 bits per heavy atom. The van der Waals surface area contributed by atoms with Crippen molar-refractivity contribution in [1.29, 1.82) is 0 Å².